The molecule has 1 saturated heterocycles. The highest BCUT2D eigenvalue weighted by Gasteiger charge is 2.18. The molecule has 2 heterocycles. The van der Waals surface area contributed by atoms with Crippen LogP contribution in [0.15, 0.2) is 36.7 Å². The van der Waals surface area contributed by atoms with E-state index in [1.54, 1.807) is 6.33 Å². The van der Waals surface area contributed by atoms with Gasteiger partial charge < -0.3 is 4.57 Å². The average molecular weight is 271 g/mol. The Balaban J connectivity index is 1.49. The molecular weight excluding hydrogens is 250 g/mol. The van der Waals surface area contributed by atoms with Crippen molar-refractivity contribution in [1.82, 2.24) is 24.6 Å². The monoisotopic (exact) mass is 271 g/mol. The van der Waals surface area contributed by atoms with Crippen molar-refractivity contribution >= 4 is 0 Å². The van der Waals surface area contributed by atoms with Crippen LogP contribution in [0.5, 0.6) is 0 Å². The summed E-state index contributed by atoms with van der Waals surface area (Å²) in [6.45, 7) is 6.38. The lowest BCUT2D eigenvalue weighted by Gasteiger charge is -2.34. The minimum Gasteiger partial charge on any atom is -0.320 e. The van der Waals surface area contributed by atoms with Crippen LogP contribution < -0.4 is 0 Å². The van der Waals surface area contributed by atoms with E-state index in [2.05, 4.69) is 50.3 Å². The van der Waals surface area contributed by atoms with Gasteiger partial charge in [-0.3, -0.25) is 9.80 Å². The highest BCUT2D eigenvalue weighted by Crippen LogP contribution is 2.10. The highest BCUT2D eigenvalue weighted by atomic mass is 15.3. The maximum Gasteiger partial charge on any atom is 0.146 e. The van der Waals surface area contributed by atoms with E-state index < -0.39 is 0 Å². The normalized spacial score (nSPS) is 17.4. The van der Waals surface area contributed by atoms with E-state index in [0.717, 1.165) is 45.1 Å². The molecule has 0 spiro atoms. The van der Waals surface area contributed by atoms with Crippen molar-refractivity contribution in [3.63, 3.8) is 0 Å². The Morgan fingerprint density at radius 1 is 0.950 bits per heavy atom. The summed E-state index contributed by atoms with van der Waals surface area (Å²) in [5.74, 6) is 1.04. The smallest absolute Gasteiger partial charge is 0.146 e. The standard InChI is InChI=1S/C15H21N5/c1-18-13-16-17-15(18)12-20-9-7-19(8-10-20)11-14-5-3-2-4-6-14/h2-6,13H,7-12H2,1H3. The number of aromatic nitrogens is 3. The number of hydrogen-bond donors (Lipinski definition) is 0. The molecule has 5 heteroatoms. The molecule has 0 unspecified atom stereocenters. The van der Waals surface area contributed by atoms with Gasteiger partial charge in [0.05, 0.1) is 6.54 Å². The van der Waals surface area contributed by atoms with Gasteiger partial charge in [0, 0.05) is 39.8 Å². The number of benzene rings is 1. The SMILES string of the molecule is Cn1cnnc1CN1CCN(Cc2ccccc2)CC1. The van der Waals surface area contributed by atoms with Crippen molar-refractivity contribution < 1.29 is 0 Å². The Labute approximate surface area is 119 Å². The van der Waals surface area contributed by atoms with Gasteiger partial charge in [0.2, 0.25) is 0 Å². The molecule has 0 N–H and O–H groups in total. The van der Waals surface area contributed by atoms with E-state index in [0.29, 0.717) is 0 Å². The van der Waals surface area contributed by atoms with Gasteiger partial charge in [-0.15, -0.1) is 10.2 Å². The van der Waals surface area contributed by atoms with Crippen LogP contribution in [-0.4, -0.2) is 50.7 Å². The first-order valence-corrected chi connectivity index (χ1v) is 7.13. The number of nitrogens with zero attached hydrogens (tertiary/aromatic N) is 5. The van der Waals surface area contributed by atoms with E-state index in [1.165, 1.54) is 5.56 Å². The lowest BCUT2D eigenvalue weighted by atomic mass is 10.2. The molecule has 1 aliphatic rings. The number of hydrogen-bond acceptors (Lipinski definition) is 4. The largest absolute Gasteiger partial charge is 0.320 e. The van der Waals surface area contributed by atoms with Crippen LogP contribution in [0.2, 0.25) is 0 Å². The molecular formula is C15H21N5. The Morgan fingerprint density at radius 3 is 2.20 bits per heavy atom. The summed E-state index contributed by atoms with van der Waals surface area (Å²) in [6.07, 6.45) is 1.76. The Kier molecular flexibility index (Phi) is 4.08. The summed E-state index contributed by atoms with van der Waals surface area (Å²) >= 11 is 0. The second-order valence-electron chi connectivity index (χ2n) is 5.40. The summed E-state index contributed by atoms with van der Waals surface area (Å²) in [4.78, 5) is 4.97. The zero-order valence-electron chi connectivity index (χ0n) is 11.9. The predicted molar refractivity (Wildman–Crippen MR) is 78.0 cm³/mol. The number of aryl methyl sites for hydroxylation is 1. The first kappa shape index (κ1) is 13.3. The van der Waals surface area contributed by atoms with Crippen LogP contribution in [0.1, 0.15) is 11.4 Å². The lowest BCUT2D eigenvalue weighted by Crippen LogP contribution is -2.45. The molecule has 0 saturated carbocycles. The van der Waals surface area contributed by atoms with Crippen molar-refractivity contribution in [2.45, 2.75) is 13.1 Å². The van der Waals surface area contributed by atoms with E-state index in [9.17, 15) is 0 Å². The van der Waals surface area contributed by atoms with Gasteiger partial charge in [-0.05, 0) is 5.56 Å². The second-order valence-corrected chi connectivity index (χ2v) is 5.40. The fraction of sp³-hybridized carbons (Fsp3) is 0.467. The molecule has 5 nitrogen and oxygen atoms in total. The van der Waals surface area contributed by atoms with Crippen LogP contribution in [0, 0.1) is 0 Å². The molecule has 20 heavy (non-hydrogen) atoms. The van der Waals surface area contributed by atoms with Crippen molar-refractivity contribution in [1.29, 1.82) is 0 Å². The van der Waals surface area contributed by atoms with Crippen molar-refractivity contribution in [2.24, 2.45) is 7.05 Å². The average Bonchev–Trinajstić information content (AvgIpc) is 2.88. The minimum absolute atomic E-state index is 0.898. The maximum absolute atomic E-state index is 4.15. The molecule has 1 aromatic carbocycles. The van der Waals surface area contributed by atoms with Gasteiger partial charge in [0.25, 0.3) is 0 Å². The van der Waals surface area contributed by atoms with Crippen LogP contribution in [0.4, 0.5) is 0 Å². The molecule has 0 amide bonds. The Bertz CT molecular complexity index is 528. The quantitative estimate of drug-likeness (QED) is 0.835. The molecule has 106 valence electrons. The molecule has 3 rings (SSSR count). The fourth-order valence-corrected chi connectivity index (χ4v) is 2.60. The first-order valence-electron chi connectivity index (χ1n) is 7.13. The molecule has 0 atom stereocenters. The summed E-state index contributed by atoms with van der Waals surface area (Å²) in [7, 11) is 2.00. The second kappa shape index (κ2) is 6.15. The number of rotatable bonds is 4. The third kappa shape index (κ3) is 3.23. The summed E-state index contributed by atoms with van der Waals surface area (Å²) in [5, 5.41) is 8.09. The zero-order valence-corrected chi connectivity index (χ0v) is 11.9. The van der Waals surface area contributed by atoms with Crippen LogP contribution in [-0.2, 0) is 20.1 Å². The van der Waals surface area contributed by atoms with Crippen LogP contribution >= 0.6 is 0 Å². The van der Waals surface area contributed by atoms with Crippen molar-refractivity contribution in [3.05, 3.63) is 48.0 Å². The highest BCUT2D eigenvalue weighted by molar-refractivity contribution is 5.14. The van der Waals surface area contributed by atoms with E-state index >= 15 is 0 Å². The minimum atomic E-state index is 0.898. The number of piperazine rings is 1. The van der Waals surface area contributed by atoms with E-state index in [-0.39, 0.29) is 0 Å². The first-order chi connectivity index (χ1) is 9.81. The zero-order chi connectivity index (χ0) is 13.8. The predicted octanol–water partition coefficient (Wildman–Crippen LogP) is 1.13. The summed E-state index contributed by atoms with van der Waals surface area (Å²) in [6, 6.07) is 10.7. The fourth-order valence-electron chi connectivity index (χ4n) is 2.60. The third-order valence-corrected chi connectivity index (χ3v) is 3.88. The van der Waals surface area contributed by atoms with Gasteiger partial charge in [0.15, 0.2) is 0 Å². The summed E-state index contributed by atoms with van der Waals surface area (Å²) in [5.41, 5.74) is 1.40. The Morgan fingerprint density at radius 2 is 1.60 bits per heavy atom. The summed E-state index contributed by atoms with van der Waals surface area (Å²) < 4.78 is 2.00. The van der Waals surface area contributed by atoms with Crippen molar-refractivity contribution in [3.8, 4) is 0 Å². The van der Waals surface area contributed by atoms with Gasteiger partial charge in [-0.2, -0.15) is 0 Å². The van der Waals surface area contributed by atoms with Crippen LogP contribution in [0.3, 0.4) is 0 Å². The molecule has 1 aliphatic heterocycles. The molecule has 1 fully saturated rings. The maximum atomic E-state index is 4.15. The third-order valence-electron chi connectivity index (χ3n) is 3.88. The van der Waals surface area contributed by atoms with Gasteiger partial charge in [0.1, 0.15) is 12.2 Å². The molecule has 2 aromatic rings. The molecule has 0 bridgehead atoms. The van der Waals surface area contributed by atoms with E-state index in [4.69, 9.17) is 0 Å². The molecule has 1 aromatic heterocycles. The lowest BCUT2D eigenvalue weighted by molar-refractivity contribution is 0.119. The molecule has 0 radical (unpaired) electrons. The van der Waals surface area contributed by atoms with Crippen molar-refractivity contribution in [2.75, 3.05) is 26.2 Å². The Hall–Kier alpha value is -1.72. The topological polar surface area (TPSA) is 37.2 Å². The van der Waals surface area contributed by atoms with Crippen LogP contribution in [0.25, 0.3) is 0 Å². The van der Waals surface area contributed by atoms with E-state index in [1.807, 2.05) is 11.6 Å². The van der Waals surface area contributed by atoms with Gasteiger partial charge in [-0.1, -0.05) is 30.3 Å². The van der Waals surface area contributed by atoms with Gasteiger partial charge in [-0.25, -0.2) is 0 Å². The molecule has 0 aliphatic carbocycles. The van der Waals surface area contributed by atoms with Gasteiger partial charge >= 0.3 is 0 Å².